The van der Waals surface area contributed by atoms with Crippen LogP contribution in [0.5, 0.6) is 0 Å². The Morgan fingerprint density at radius 3 is 2.37 bits per heavy atom. The SMILES string of the molecule is Cc1cc(Br)ccc1N(C)C(=O)c1ccc(Sc2ccc(NC(=O)OCC(Cl)(Cl)Cl)cc2)c(N)c1. The van der Waals surface area contributed by atoms with Crippen molar-refractivity contribution in [3.63, 3.8) is 0 Å². The van der Waals surface area contributed by atoms with Crippen LogP contribution in [-0.4, -0.2) is 29.4 Å². The lowest BCUT2D eigenvalue weighted by Crippen LogP contribution is -2.27. The first-order valence-corrected chi connectivity index (χ1v) is 12.9. The molecule has 3 aromatic carbocycles. The molecule has 0 aliphatic rings. The molecule has 0 heterocycles. The monoisotopic (exact) mass is 615 g/mol. The lowest BCUT2D eigenvalue weighted by Gasteiger charge is -2.20. The van der Waals surface area contributed by atoms with Crippen molar-refractivity contribution < 1.29 is 14.3 Å². The Labute approximate surface area is 231 Å². The number of amides is 2. The van der Waals surface area contributed by atoms with E-state index in [4.69, 9.17) is 45.3 Å². The van der Waals surface area contributed by atoms with Gasteiger partial charge in [-0.1, -0.05) is 62.5 Å². The molecule has 0 aliphatic carbocycles. The number of hydrogen-bond acceptors (Lipinski definition) is 5. The minimum atomic E-state index is -1.68. The number of anilines is 3. The number of ether oxygens (including phenoxy) is 1. The maximum absolute atomic E-state index is 13.0. The third-order valence-electron chi connectivity index (χ3n) is 4.78. The van der Waals surface area contributed by atoms with Crippen LogP contribution < -0.4 is 16.0 Å². The van der Waals surface area contributed by atoms with E-state index in [2.05, 4.69) is 21.2 Å². The van der Waals surface area contributed by atoms with E-state index in [1.165, 1.54) is 11.8 Å². The van der Waals surface area contributed by atoms with Crippen molar-refractivity contribution in [2.75, 3.05) is 29.6 Å². The molecule has 3 rings (SSSR count). The number of nitrogens with two attached hydrogens (primary N) is 1. The van der Waals surface area contributed by atoms with Gasteiger partial charge in [-0.2, -0.15) is 0 Å². The first-order valence-electron chi connectivity index (χ1n) is 10.1. The number of carbonyl (C=O) groups excluding carboxylic acids is 2. The zero-order chi connectivity index (χ0) is 25.8. The number of nitrogen functional groups attached to an aromatic ring is 1. The predicted molar refractivity (Wildman–Crippen MR) is 148 cm³/mol. The van der Waals surface area contributed by atoms with E-state index in [0.717, 1.165) is 25.5 Å². The minimum absolute atomic E-state index is 0.157. The van der Waals surface area contributed by atoms with E-state index in [-0.39, 0.29) is 12.5 Å². The average molecular weight is 618 g/mol. The number of nitrogens with one attached hydrogen (secondary N) is 1. The highest BCUT2D eigenvalue weighted by atomic mass is 79.9. The average Bonchev–Trinajstić information content (AvgIpc) is 2.79. The van der Waals surface area contributed by atoms with E-state index in [0.29, 0.717) is 16.9 Å². The Kier molecular flexibility index (Phi) is 9.23. The number of benzene rings is 3. The Morgan fingerprint density at radius 1 is 1.09 bits per heavy atom. The van der Waals surface area contributed by atoms with Crippen LogP contribution in [0.2, 0.25) is 0 Å². The van der Waals surface area contributed by atoms with Gasteiger partial charge in [0.05, 0.1) is 0 Å². The molecular weight excluding hydrogens is 597 g/mol. The van der Waals surface area contributed by atoms with Gasteiger partial charge in [0, 0.05) is 43.9 Å². The van der Waals surface area contributed by atoms with Crippen molar-refractivity contribution in [2.45, 2.75) is 20.5 Å². The zero-order valence-corrected chi connectivity index (χ0v) is 23.3. The molecule has 0 spiro atoms. The lowest BCUT2D eigenvalue weighted by molar-refractivity contribution is 0.0992. The molecule has 0 saturated carbocycles. The van der Waals surface area contributed by atoms with Crippen molar-refractivity contribution in [3.8, 4) is 0 Å². The number of alkyl halides is 3. The van der Waals surface area contributed by atoms with Crippen LogP contribution in [-0.2, 0) is 4.74 Å². The molecule has 3 N–H and O–H groups in total. The fourth-order valence-corrected chi connectivity index (χ4v) is 4.59. The molecule has 184 valence electrons. The molecule has 0 radical (unpaired) electrons. The summed E-state index contributed by atoms with van der Waals surface area (Å²) in [6, 6.07) is 18.0. The first-order chi connectivity index (χ1) is 16.4. The lowest BCUT2D eigenvalue weighted by atomic mass is 10.1. The van der Waals surface area contributed by atoms with Crippen molar-refractivity contribution >= 4 is 91.6 Å². The van der Waals surface area contributed by atoms with Crippen molar-refractivity contribution in [1.29, 1.82) is 0 Å². The summed E-state index contributed by atoms with van der Waals surface area (Å²) in [5.41, 5.74) is 9.55. The van der Waals surface area contributed by atoms with E-state index in [1.54, 1.807) is 36.2 Å². The fraction of sp³-hybridized carbons (Fsp3) is 0.167. The Balaban J connectivity index is 1.64. The Morgan fingerprint density at radius 2 is 1.77 bits per heavy atom. The molecule has 2 amide bonds. The van der Waals surface area contributed by atoms with Gasteiger partial charge in [0.15, 0.2) is 0 Å². The summed E-state index contributed by atoms with van der Waals surface area (Å²) in [6.45, 7) is 1.58. The summed E-state index contributed by atoms with van der Waals surface area (Å²) in [4.78, 5) is 28.1. The molecular formula is C24H21BrCl3N3O3S. The van der Waals surface area contributed by atoms with Crippen molar-refractivity contribution in [3.05, 3.63) is 76.3 Å². The minimum Gasteiger partial charge on any atom is -0.445 e. The normalized spacial score (nSPS) is 11.1. The topological polar surface area (TPSA) is 84.7 Å². The van der Waals surface area contributed by atoms with Gasteiger partial charge in [0.1, 0.15) is 6.61 Å². The maximum atomic E-state index is 13.0. The van der Waals surface area contributed by atoms with Gasteiger partial charge >= 0.3 is 6.09 Å². The standard InChI is InChI=1S/C24H21BrCl3N3O3S/c1-14-11-16(25)4-9-20(14)31(2)22(32)15-3-10-21(19(29)12-15)35-18-7-5-17(6-8-18)30-23(33)34-13-24(26,27)28/h3-12H,13,29H2,1-2H3,(H,30,33). The summed E-state index contributed by atoms with van der Waals surface area (Å²) in [6.07, 6.45) is -0.732. The van der Waals surface area contributed by atoms with Gasteiger partial charge in [-0.05, 0) is 73.2 Å². The van der Waals surface area contributed by atoms with E-state index in [1.807, 2.05) is 43.3 Å². The van der Waals surface area contributed by atoms with Gasteiger partial charge in [-0.25, -0.2) is 4.79 Å². The second kappa shape index (κ2) is 11.8. The van der Waals surface area contributed by atoms with Crippen LogP contribution in [0.4, 0.5) is 21.9 Å². The third-order valence-corrected chi connectivity index (χ3v) is 6.70. The molecule has 0 bridgehead atoms. The summed E-state index contributed by atoms with van der Waals surface area (Å²) in [7, 11) is 1.74. The number of carbonyl (C=O) groups is 2. The Bertz CT molecular complexity index is 1240. The number of halogens is 4. The van der Waals surface area contributed by atoms with E-state index < -0.39 is 9.89 Å². The molecule has 3 aromatic rings. The predicted octanol–water partition coefficient (Wildman–Crippen LogP) is 7.69. The van der Waals surface area contributed by atoms with Gasteiger partial charge in [0.2, 0.25) is 3.79 Å². The second-order valence-corrected chi connectivity index (χ2v) is 12.0. The molecule has 0 aromatic heterocycles. The van der Waals surface area contributed by atoms with Gasteiger partial charge in [-0.15, -0.1) is 0 Å². The summed E-state index contributed by atoms with van der Waals surface area (Å²) in [5.74, 6) is -0.157. The van der Waals surface area contributed by atoms with Crippen LogP contribution >= 0.6 is 62.5 Å². The molecule has 35 heavy (non-hydrogen) atoms. The van der Waals surface area contributed by atoms with Gasteiger partial charge in [0.25, 0.3) is 5.91 Å². The summed E-state index contributed by atoms with van der Waals surface area (Å²) in [5, 5.41) is 2.55. The van der Waals surface area contributed by atoms with Crippen molar-refractivity contribution in [1.82, 2.24) is 0 Å². The number of nitrogens with zero attached hydrogens (tertiary/aromatic N) is 1. The third kappa shape index (κ3) is 7.95. The van der Waals surface area contributed by atoms with Crippen LogP contribution in [0.1, 0.15) is 15.9 Å². The summed E-state index contributed by atoms with van der Waals surface area (Å²) >= 11 is 21.6. The largest absolute Gasteiger partial charge is 0.445 e. The molecule has 0 aliphatic heterocycles. The smallest absolute Gasteiger partial charge is 0.411 e. The van der Waals surface area contributed by atoms with E-state index in [9.17, 15) is 9.59 Å². The molecule has 0 unspecified atom stereocenters. The maximum Gasteiger partial charge on any atom is 0.411 e. The van der Waals surface area contributed by atoms with Gasteiger partial charge < -0.3 is 15.4 Å². The molecule has 0 atom stereocenters. The summed E-state index contributed by atoms with van der Waals surface area (Å²) < 4.78 is 4.12. The zero-order valence-electron chi connectivity index (χ0n) is 18.7. The first kappa shape index (κ1) is 27.5. The van der Waals surface area contributed by atoms with Crippen LogP contribution in [0, 0.1) is 6.92 Å². The highest BCUT2D eigenvalue weighted by Crippen LogP contribution is 2.34. The Hall–Kier alpha value is -2.10. The molecule has 11 heteroatoms. The van der Waals surface area contributed by atoms with Crippen LogP contribution in [0.3, 0.4) is 0 Å². The van der Waals surface area contributed by atoms with Crippen LogP contribution in [0.15, 0.2) is 74.9 Å². The fourth-order valence-electron chi connectivity index (χ4n) is 3.11. The number of aryl methyl sites for hydroxylation is 1. The highest BCUT2D eigenvalue weighted by Gasteiger charge is 2.22. The second-order valence-electron chi connectivity index (χ2n) is 7.49. The molecule has 0 saturated heterocycles. The molecule has 0 fully saturated rings. The number of rotatable bonds is 6. The van der Waals surface area contributed by atoms with Crippen molar-refractivity contribution in [2.24, 2.45) is 0 Å². The number of hydrogen-bond donors (Lipinski definition) is 2. The van der Waals surface area contributed by atoms with E-state index >= 15 is 0 Å². The molecule has 6 nitrogen and oxygen atoms in total. The highest BCUT2D eigenvalue weighted by molar-refractivity contribution is 9.10. The van der Waals surface area contributed by atoms with Crippen LogP contribution in [0.25, 0.3) is 0 Å². The quantitative estimate of drug-likeness (QED) is 0.219. The van der Waals surface area contributed by atoms with Gasteiger partial charge in [-0.3, -0.25) is 10.1 Å².